The predicted octanol–water partition coefficient (Wildman–Crippen LogP) is 3.76. The van der Waals surface area contributed by atoms with Crippen LogP contribution in [0.5, 0.6) is 0 Å². The maximum absolute atomic E-state index is 13.0. The van der Waals surface area contributed by atoms with E-state index in [9.17, 15) is 9.59 Å². The van der Waals surface area contributed by atoms with Crippen molar-refractivity contribution >= 4 is 29.1 Å². The standard InChI is InChI=1S/C22H26N4O2S/c1-4-26(5-2)14-11-9-13(10-12-14)17-18-15(7-6-8-16(18)27)23-20-19(17)21(28)25-22(24-20)29-3/h7,9-12,17-18H,4-6,8H2,1-3H3,(H2,23,24,25,28)/t17-,18-/m0/s1. The maximum atomic E-state index is 13.0. The fourth-order valence-electron chi connectivity index (χ4n) is 4.41. The molecule has 0 saturated heterocycles. The Balaban J connectivity index is 1.86. The SMILES string of the molecule is CCN(CC)c1ccc([C@@H]2c3c(nc(SC)[nH]c3=O)NC3=CCCC(=O)[C@H]32)cc1. The van der Waals surface area contributed by atoms with E-state index in [0.29, 0.717) is 23.0 Å². The van der Waals surface area contributed by atoms with Gasteiger partial charge in [-0.2, -0.15) is 0 Å². The van der Waals surface area contributed by atoms with Crippen LogP contribution in [0, 0.1) is 5.92 Å². The van der Waals surface area contributed by atoms with Crippen molar-refractivity contribution in [1.82, 2.24) is 9.97 Å². The molecule has 0 unspecified atom stereocenters. The fourth-order valence-corrected chi connectivity index (χ4v) is 4.78. The van der Waals surface area contributed by atoms with E-state index in [0.717, 1.165) is 36.5 Å². The monoisotopic (exact) mass is 410 g/mol. The number of nitrogens with one attached hydrogen (secondary N) is 2. The molecule has 2 aliphatic rings. The number of rotatable bonds is 5. The number of hydrogen-bond acceptors (Lipinski definition) is 6. The number of Topliss-reactive ketones (excluding diaryl/α,β-unsaturated/α-hetero) is 1. The normalized spacial score (nSPS) is 20.4. The number of anilines is 2. The van der Waals surface area contributed by atoms with Crippen molar-refractivity contribution in [2.24, 2.45) is 5.92 Å². The van der Waals surface area contributed by atoms with E-state index in [2.05, 4.69) is 64.4 Å². The van der Waals surface area contributed by atoms with E-state index in [1.807, 2.05) is 6.26 Å². The van der Waals surface area contributed by atoms with Gasteiger partial charge in [0.25, 0.3) is 5.56 Å². The molecule has 7 heteroatoms. The highest BCUT2D eigenvalue weighted by Crippen LogP contribution is 2.45. The van der Waals surface area contributed by atoms with E-state index in [1.54, 1.807) is 0 Å². The molecular formula is C22H26N4O2S. The third kappa shape index (κ3) is 3.48. The van der Waals surface area contributed by atoms with Gasteiger partial charge in [-0.25, -0.2) is 4.98 Å². The molecule has 152 valence electrons. The van der Waals surface area contributed by atoms with Crippen LogP contribution in [0.1, 0.15) is 43.7 Å². The lowest BCUT2D eigenvalue weighted by Gasteiger charge is -2.36. The first-order valence-electron chi connectivity index (χ1n) is 10.1. The molecule has 6 nitrogen and oxygen atoms in total. The smallest absolute Gasteiger partial charge is 0.257 e. The number of nitrogens with zero attached hydrogens (tertiary/aromatic N) is 2. The summed E-state index contributed by atoms with van der Waals surface area (Å²) >= 11 is 1.39. The highest BCUT2D eigenvalue weighted by atomic mass is 32.2. The van der Waals surface area contributed by atoms with E-state index in [-0.39, 0.29) is 23.2 Å². The van der Waals surface area contributed by atoms with Gasteiger partial charge in [0.2, 0.25) is 0 Å². The number of benzene rings is 1. The van der Waals surface area contributed by atoms with Crippen LogP contribution in [0.2, 0.25) is 0 Å². The molecule has 2 aromatic rings. The largest absolute Gasteiger partial charge is 0.372 e. The number of fused-ring (bicyclic) bond motifs is 2. The van der Waals surface area contributed by atoms with Crippen LogP contribution < -0.4 is 15.8 Å². The first-order chi connectivity index (χ1) is 14.1. The summed E-state index contributed by atoms with van der Waals surface area (Å²) in [7, 11) is 0. The Morgan fingerprint density at radius 3 is 2.52 bits per heavy atom. The Bertz CT molecular complexity index is 1010. The highest BCUT2D eigenvalue weighted by Gasteiger charge is 2.42. The van der Waals surface area contributed by atoms with Gasteiger partial charge in [-0.15, -0.1) is 0 Å². The van der Waals surface area contributed by atoms with Gasteiger partial charge >= 0.3 is 0 Å². The van der Waals surface area contributed by atoms with Gasteiger partial charge in [-0.3, -0.25) is 9.59 Å². The molecule has 0 bridgehead atoms. The van der Waals surface area contributed by atoms with Crippen LogP contribution in [0.4, 0.5) is 11.5 Å². The fraction of sp³-hybridized carbons (Fsp3) is 0.409. The topological polar surface area (TPSA) is 78.1 Å². The van der Waals surface area contributed by atoms with Crippen LogP contribution in [0.25, 0.3) is 0 Å². The van der Waals surface area contributed by atoms with Crippen LogP contribution >= 0.6 is 11.8 Å². The van der Waals surface area contributed by atoms with Crippen molar-refractivity contribution in [2.45, 2.75) is 37.8 Å². The molecule has 1 aromatic heterocycles. The molecule has 1 aliphatic heterocycles. The van der Waals surface area contributed by atoms with E-state index in [1.165, 1.54) is 11.8 Å². The molecule has 2 atom stereocenters. The summed E-state index contributed by atoms with van der Waals surface area (Å²) in [5, 5.41) is 3.85. The van der Waals surface area contributed by atoms with Crippen LogP contribution in [0.3, 0.4) is 0 Å². The number of aromatic nitrogens is 2. The molecule has 0 amide bonds. The molecule has 2 heterocycles. The molecule has 0 saturated carbocycles. The third-order valence-electron chi connectivity index (χ3n) is 5.85. The summed E-state index contributed by atoms with van der Waals surface area (Å²) < 4.78 is 0. The van der Waals surface area contributed by atoms with Gasteiger partial charge in [-0.1, -0.05) is 30.0 Å². The number of carbonyl (C=O) groups is 1. The zero-order valence-corrected chi connectivity index (χ0v) is 17.8. The summed E-state index contributed by atoms with van der Waals surface area (Å²) in [6, 6.07) is 8.26. The molecule has 0 fully saturated rings. The Morgan fingerprint density at radius 2 is 1.86 bits per heavy atom. The number of ketones is 1. The predicted molar refractivity (Wildman–Crippen MR) is 118 cm³/mol. The zero-order valence-electron chi connectivity index (χ0n) is 17.0. The van der Waals surface area contributed by atoms with Crippen LogP contribution in [0.15, 0.2) is 46.0 Å². The summed E-state index contributed by atoms with van der Waals surface area (Å²) in [5.41, 5.74) is 3.36. The van der Waals surface area contributed by atoms with Gasteiger partial charge in [-0.05, 0) is 44.2 Å². The number of aromatic amines is 1. The average Bonchev–Trinajstić information content (AvgIpc) is 2.74. The van der Waals surface area contributed by atoms with Crippen molar-refractivity contribution in [1.29, 1.82) is 0 Å². The molecule has 29 heavy (non-hydrogen) atoms. The minimum atomic E-state index is -0.362. The van der Waals surface area contributed by atoms with Gasteiger partial charge in [0.1, 0.15) is 11.6 Å². The molecular weight excluding hydrogens is 384 g/mol. The van der Waals surface area contributed by atoms with Crippen molar-refractivity contribution in [3.8, 4) is 0 Å². The number of carbonyl (C=O) groups excluding carboxylic acids is 1. The van der Waals surface area contributed by atoms with Crippen molar-refractivity contribution in [3.63, 3.8) is 0 Å². The lowest BCUT2D eigenvalue weighted by molar-refractivity contribution is -0.122. The van der Waals surface area contributed by atoms with Gasteiger partial charge in [0.05, 0.1) is 11.5 Å². The number of thioether (sulfide) groups is 1. The maximum Gasteiger partial charge on any atom is 0.257 e. The zero-order chi connectivity index (χ0) is 20.5. The Morgan fingerprint density at radius 1 is 1.14 bits per heavy atom. The Labute approximate surface area is 174 Å². The Hall–Kier alpha value is -2.54. The first kappa shape index (κ1) is 19.8. The lowest BCUT2D eigenvalue weighted by Crippen LogP contribution is -2.38. The van der Waals surface area contributed by atoms with E-state index in [4.69, 9.17) is 0 Å². The average molecular weight is 411 g/mol. The summed E-state index contributed by atoms with van der Waals surface area (Å²) in [6.45, 7) is 6.13. The minimum absolute atomic E-state index is 0.173. The van der Waals surface area contributed by atoms with Crippen molar-refractivity contribution in [3.05, 3.63) is 57.5 Å². The third-order valence-corrected chi connectivity index (χ3v) is 6.43. The summed E-state index contributed by atoms with van der Waals surface area (Å²) in [6.07, 6.45) is 5.18. The van der Waals surface area contributed by atoms with Gasteiger partial charge < -0.3 is 15.2 Å². The van der Waals surface area contributed by atoms with Crippen LogP contribution in [-0.4, -0.2) is 35.1 Å². The van der Waals surface area contributed by atoms with E-state index >= 15 is 0 Å². The first-order valence-corrected chi connectivity index (χ1v) is 11.3. The number of hydrogen-bond donors (Lipinski definition) is 2. The van der Waals surface area contributed by atoms with Gasteiger partial charge in [0, 0.05) is 36.8 Å². The number of H-pyrrole nitrogens is 1. The van der Waals surface area contributed by atoms with Crippen LogP contribution in [-0.2, 0) is 4.79 Å². The summed E-state index contributed by atoms with van der Waals surface area (Å²) in [5.74, 6) is 0.0433. The molecule has 0 radical (unpaired) electrons. The molecule has 1 aromatic carbocycles. The molecule has 0 spiro atoms. The summed E-state index contributed by atoms with van der Waals surface area (Å²) in [4.78, 5) is 35.6. The number of allylic oxidation sites excluding steroid dienone is 2. The second-order valence-electron chi connectivity index (χ2n) is 7.35. The molecule has 4 rings (SSSR count). The molecule has 1 aliphatic carbocycles. The van der Waals surface area contributed by atoms with Crippen molar-refractivity contribution < 1.29 is 4.79 Å². The highest BCUT2D eigenvalue weighted by molar-refractivity contribution is 7.98. The lowest BCUT2D eigenvalue weighted by atomic mass is 9.72. The van der Waals surface area contributed by atoms with Gasteiger partial charge in [0.15, 0.2) is 5.16 Å². The molecule has 2 N–H and O–H groups in total. The van der Waals surface area contributed by atoms with Crippen molar-refractivity contribution in [2.75, 3.05) is 29.6 Å². The van der Waals surface area contributed by atoms with E-state index < -0.39 is 0 Å². The quantitative estimate of drug-likeness (QED) is 0.577. The minimum Gasteiger partial charge on any atom is -0.372 e. The second kappa shape index (κ2) is 8.06. The Kier molecular flexibility index (Phi) is 5.50. The second-order valence-corrected chi connectivity index (χ2v) is 8.14.